The van der Waals surface area contributed by atoms with E-state index in [0.29, 0.717) is 6.61 Å². The van der Waals surface area contributed by atoms with Crippen molar-refractivity contribution in [2.24, 2.45) is 7.05 Å². The van der Waals surface area contributed by atoms with Crippen molar-refractivity contribution in [3.63, 3.8) is 0 Å². The summed E-state index contributed by atoms with van der Waals surface area (Å²) in [6.45, 7) is 2.66. The number of hydrogen-bond donors (Lipinski definition) is 1. The van der Waals surface area contributed by atoms with E-state index in [0.717, 1.165) is 11.3 Å². The van der Waals surface area contributed by atoms with Gasteiger partial charge in [-0.05, 0) is 19.5 Å². The molecule has 0 saturated heterocycles. The second-order valence-corrected chi connectivity index (χ2v) is 4.34. The largest absolute Gasteiger partial charge is 0.372 e. The van der Waals surface area contributed by atoms with Crippen LogP contribution in [0.5, 0.6) is 0 Å². The molecule has 1 N–H and O–H groups in total. The Morgan fingerprint density at radius 2 is 2.05 bits per heavy atom. The van der Waals surface area contributed by atoms with Crippen molar-refractivity contribution < 1.29 is 4.74 Å². The Balaban J connectivity index is 2.34. The molecular formula is C14H20N4O. The summed E-state index contributed by atoms with van der Waals surface area (Å²) in [5, 5.41) is 11.2. The van der Waals surface area contributed by atoms with Crippen molar-refractivity contribution >= 4 is 0 Å². The number of hydrogen-bond acceptors (Lipinski definition) is 4. The summed E-state index contributed by atoms with van der Waals surface area (Å²) in [6.07, 6.45) is 1.71. The highest BCUT2D eigenvalue weighted by Gasteiger charge is 2.26. The number of nitrogens with zero attached hydrogens (tertiary/aromatic N) is 3. The number of aryl methyl sites for hydroxylation is 1. The number of rotatable bonds is 6. The summed E-state index contributed by atoms with van der Waals surface area (Å²) in [6, 6.07) is 10.2. The quantitative estimate of drug-likeness (QED) is 0.861. The van der Waals surface area contributed by atoms with Crippen LogP contribution in [0.2, 0.25) is 0 Å². The topological polar surface area (TPSA) is 52.0 Å². The van der Waals surface area contributed by atoms with Crippen molar-refractivity contribution in [1.29, 1.82) is 0 Å². The van der Waals surface area contributed by atoms with E-state index in [1.807, 2.05) is 39.2 Å². The van der Waals surface area contributed by atoms with Crippen LogP contribution in [-0.2, 0) is 11.8 Å². The molecule has 2 rings (SSSR count). The predicted octanol–water partition coefficient (Wildman–Crippen LogP) is 1.85. The van der Waals surface area contributed by atoms with E-state index in [1.54, 1.807) is 10.9 Å². The third-order valence-corrected chi connectivity index (χ3v) is 3.16. The zero-order valence-electron chi connectivity index (χ0n) is 11.6. The van der Waals surface area contributed by atoms with Crippen LogP contribution in [0.3, 0.4) is 0 Å². The third kappa shape index (κ3) is 3.00. The van der Waals surface area contributed by atoms with E-state index in [4.69, 9.17) is 4.74 Å². The van der Waals surface area contributed by atoms with Crippen LogP contribution in [0, 0.1) is 0 Å². The Bertz CT molecular complexity index is 497. The first kappa shape index (κ1) is 13.7. The van der Waals surface area contributed by atoms with Crippen molar-refractivity contribution in [3.8, 4) is 0 Å². The van der Waals surface area contributed by atoms with Crippen molar-refractivity contribution in [1.82, 2.24) is 20.3 Å². The van der Waals surface area contributed by atoms with Gasteiger partial charge in [0.05, 0.1) is 17.9 Å². The fraction of sp³-hybridized carbons (Fsp3) is 0.429. The molecule has 19 heavy (non-hydrogen) atoms. The highest BCUT2D eigenvalue weighted by molar-refractivity contribution is 5.22. The summed E-state index contributed by atoms with van der Waals surface area (Å²) in [5.74, 6) is 0. The summed E-state index contributed by atoms with van der Waals surface area (Å²) in [5.41, 5.74) is 2.15. The molecule has 0 fully saturated rings. The summed E-state index contributed by atoms with van der Waals surface area (Å²) in [7, 11) is 3.81. The number of likely N-dealkylation sites (N-methyl/N-ethyl adjacent to an activating group) is 1. The van der Waals surface area contributed by atoms with E-state index in [9.17, 15) is 0 Å². The lowest BCUT2D eigenvalue weighted by molar-refractivity contribution is 0.0326. The Morgan fingerprint density at radius 1 is 1.32 bits per heavy atom. The molecule has 102 valence electrons. The van der Waals surface area contributed by atoms with E-state index in [1.165, 1.54) is 0 Å². The molecule has 0 aliphatic carbocycles. The van der Waals surface area contributed by atoms with Crippen LogP contribution in [0.4, 0.5) is 0 Å². The molecule has 2 unspecified atom stereocenters. The Morgan fingerprint density at radius 3 is 2.58 bits per heavy atom. The highest BCUT2D eigenvalue weighted by atomic mass is 16.5. The maximum Gasteiger partial charge on any atom is 0.103 e. The monoisotopic (exact) mass is 260 g/mol. The zero-order valence-corrected chi connectivity index (χ0v) is 11.6. The van der Waals surface area contributed by atoms with Gasteiger partial charge < -0.3 is 10.1 Å². The Kier molecular flexibility index (Phi) is 4.65. The molecule has 0 saturated carbocycles. The van der Waals surface area contributed by atoms with Crippen molar-refractivity contribution in [2.75, 3.05) is 13.7 Å². The summed E-state index contributed by atoms with van der Waals surface area (Å²) in [4.78, 5) is 0. The molecule has 0 amide bonds. The van der Waals surface area contributed by atoms with Crippen molar-refractivity contribution in [2.45, 2.75) is 19.1 Å². The maximum atomic E-state index is 5.93. The molecule has 1 heterocycles. The number of nitrogens with one attached hydrogen (secondary N) is 1. The van der Waals surface area contributed by atoms with Gasteiger partial charge in [-0.2, -0.15) is 0 Å². The van der Waals surface area contributed by atoms with Crippen LogP contribution in [-0.4, -0.2) is 28.6 Å². The van der Waals surface area contributed by atoms with E-state index < -0.39 is 0 Å². The molecule has 1 aromatic carbocycles. The van der Waals surface area contributed by atoms with Crippen LogP contribution in [0.1, 0.15) is 30.3 Å². The molecule has 0 radical (unpaired) electrons. The van der Waals surface area contributed by atoms with Gasteiger partial charge in [0.1, 0.15) is 6.10 Å². The van der Waals surface area contributed by atoms with Crippen LogP contribution in [0.15, 0.2) is 36.5 Å². The maximum absolute atomic E-state index is 5.93. The second-order valence-electron chi connectivity index (χ2n) is 4.34. The Labute approximate surface area is 113 Å². The molecule has 2 atom stereocenters. The number of aromatic nitrogens is 3. The van der Waals surface area contributed by atoms with Gasteiger partial charge in [0, 0.05) is 13.7 Å². The molecule has 0 bridgehead atoms. The lowest BCUT2D eigenvalue weighted by atomic mass is 10.00. The van der Waals surface area contributed by atoms with Gasteiger partial charge >= 0.3 is 0 Å². The fourth-order valence-electron chi connectivity index (χ4n) is 2.24. The standard InChI is InChI=1S/C14H20N4O/c1-4-19-14(11-8-6-5-7-9-11)13(15-2)12-10-16-17-18(12)3/h5-10,13-15H,4H2,1-3H3. The second kappa shape index (κ2) is 6.45. The van der Waals surface area contributed by atoms with Gasteiger partial charge in [-0.1, -0.05) is 35.5 Å². The van der Waals surface area contributed by atoms with Crippen LogP contribution in [0.25, 0.3) is 0 Å². The molecule has 1 aromatic heterocycles. The molecule has 2 aromatic rings. The van der Waals surface area contributed by atoms with Gasteiger partial charge in [-0.15, -0.1) is 5.10 Å². The molecule has 0 aliphatic heterocycles. The van der Waals surface area contributed by atoms with E-state index in [2.05, 4.69) is 27.8 Å². The van der Waals surface area contributed by atoms with Crippen LogP contribution >= 0.6 is 0 Å². The molecule has 5 nitrogen and oxygen atoms in total. The average Bonchev–Trinajstić information content (AvgIpc) is 2.86. The number of benzene rings is 1. The van der Waals surface area contributed by atoms with Gasteiger partial charge in [0.2, 0.25) is 0 Å². The SMILES string of the molecule is CCOC(c1ccccc1)C(NC)c1cnnn1C. The summed E-state index contributed by atoms with van der Waals surface area (Å²) < 4.78 is 7.70. The summed E-state index contributed by atoms with van der Waals surface area (Å²) >= 11 is 0. The normalized spacial score (nSPS) is 14.3. The van der Waals surface area contributed by atoms with Gasteiger partial charge in [0.15, 0.2) is 0 Å². The first-order valence-electron chi connectivity index (χ1n) is 6.46. The molecular weight excluding hydrogens is 240 g/mol. The van der Waals surface area contributed by atoms with Gasteiger partial charge in [-0.3, -0.25) is 4.68 Å². The van der Waals surface area contributed by atoms with E-state index >= 15 is 0 Å². The lowest BCUT2D eigenvalue weighted by Gasteiger charge is -2.26. The Hall–Kier alpha value is -1.72. The highest BCUT2D eigenvalue weighted by Crippen LogP contribution is 2.31. The van der Waals surface area contributed by atoms with Gasteiger partial charge in [-0.25, -0.2) is 0 Å². The smallest absolute Gasteiger partial charge is 0.103 e. The molecule has 0 spiro atoms. The number of ether oxygens (including phenoxy) is 1. The lowest BCUT2D eigenvalue weighted by Crippen LogP contribution is -2.27. The third-order valence-electron chi connectivity index (χ3n) is 3.16. The predicted molar refractivity (Wildman–Crippen MR) is 73.6 cm³/mol. The van der Waals surface area contributed by atoms with E-state index in [-0.39, 0.29) is 12.1 Å². The van der Waals surface area contributed by atoms with Crippen LogP contribution < -0.4 is 5.32 Å². The fourth-order valence-corrected chi connectivity index (χ4v) is 2.24. The first-order valence-corrected chi connectivity index (χ1v) is 6.46. The minimum absolute atomic E-state index is 0.0161. The first-order chi connectivity index (χ1) is 9.27. The molecule has 5 heteroatoms. The molecule has 0 aliphatic rings. The van der Waals surface area contributed by atoms with Crippen molar-refractivity contribution in [3.05, 3.63) is 47.8 Å². The zero-order chi connectivity index (χ0) is 13.7. The minimum atomic E-state index is -0.0617. The van der Waals surface area contributed by atoms with Gasteiger partial charge in [0.25, 0.3) is 0 Å². The minimum Gasteiger partial charge on any atom is -0.372 e. The average molecular weight is 260 g/mol.